The molecule has 7 heteroatoms. The van der Waals surface area contributed by atoms with E-state index >= 15 is 0 Å². The summed E-state index contributed by atoms with van der Waals surface area (Å²) in [5.74, 6) is 0.776. The number of alkyl halides is 4. The van der Waals surface area contributed by atoms with Gasteiger partial charge in [0.15, 0.2) is 4.33 Å². The number of allylic oxidation sites excluding steroid dienone is 2. The van der Waals surface area contributed by atoms with Gasteiger partial charge in [0.05, 0.1) is 22.3 Å². The monoisotopic (exact) mass is 378 g/mol. The molecule has 4 fully saturated rings. The quantitative estimate of drug-likeness (QED) is 0.343. The molecule has 4 aliphatic carbocycles. The van der Waals surface area contributed by atoms with Crippen molar-refractivity contribution < 1.29 is 4.74 Å². The van der Waals surface area contributed by atoms with Crippen LogP contribution in [0.15, 0.2) is 10.1 Å². The second-order valence-electron chi connectivity index (χ2n) is 6.31. The summed E-state index contributed by atoms with van der Waals surface area (Å²) in [7, 11) is 0. The molecule has 19 heavy (non-hydrogen) atoms. The molecule has 1 aliphatic heterocycles. The summed E-state index contributed by atoms with van der Waals surface area (Å²) in [4.78, 5) is -2.17. The van der Waals surface area contributed by atoms with Gasteiger partial charge in [0.1, 0.15) is 9.75 Å². The molecule has 0 aromatic carbocycles. The number of fused-ring (bicyclic) bond motifs is 12. The van der Waals surface area contributed by atoms with E-state index in [1.807, 2.05) is 0 Å². The Morgan fingerprint density at radius 3 is 1.68 bits per heavy atom. The van der Waals surface area contributed by atoms with Crippen molar-refractivity contribution in [2.24, 2.45) is 23.7 Å². The van der Waals surface area contributed by atoms with Gasteiger partial charge in [-0.3, -0.25) is 0 Å². The van der Waals surface area contributed by atoms with E-state index < -0.39 is 14.1 Å². The van der Waals surface area contributed by atoms with E-state index in [1.165, 1.54) is 0 Å². The summed E-state index contributed by atoms with van der Waals surface area (Å²) in [5, 5.41) is 0.642. The minimum atomic E-state index is -1.37. The van der Waals surface area contributed by atoms with Gasteiger partial charge in [-0.15, -0.1) is 23.2 Å². The Morgan fingerprint density at radius 1 is 0.842 bits per heavy atom. The van der Waals surface area contributed by atoms with Gasteiger partial charge in [-0.1, -0.05) is 46.4 Å². The van der Waals surface area contributed by atoms with Crippen molar-refractivity contribution in [2.45, 2.75) is 32.7 Å². The maximum Gasteiger partial charge on any atom is 0.166 e. The van der Waals surface area contributed by atoms with Crippen LogP contribution in [0.1, 0.15) is 6.42 Å². The normalized spacial score (nSPS) is 66.6. The molecule has 0 aromatic heterocycles. The van der Waals surface area contributed by atoms with Crippen LogP contribution in [0.4, 0.5) is 0 Å². The second kappa shape index (κ2) is 3.20. The fraction of sp³-hybridized carbons (Fsp3) is 0.833. The smallest absolute Gasteiger partial charge is 0.166 e. The molecule has 5 aliphatic rings. The molecule has 0 radical (unpaired) electrons. The Labute approximate surface area is 140 Å². The van der Waals surface area contributed by atoms with Crippen LogP contribution >= 0.6 is 69.6 Å². The standard InChI is InChI=1S/C12H8Cl6O/c13-8-9(14)11(16)5-3-1-2(6-7(3)19-6)4(5)10(8,15)12(11,17)18/h2-7H,1H2/t2-,3-,4+,5+,6-,7+,10-,11-/m0/s1. The summed E-state index contributed by atoms with van der Waals surface area (Å²) < 4.78 is 4.35. The van der Waals surface area contributed by atoms with Gasteiger partial charge >= 0.3 is 0 Å². The number of ether oxygens (including phenoxy) is 1. The molecule has 1 heterocycles. The van der Waals surface area contributed by atoms with E-state index in [9.17, 15) is 0 Å². The van der Waals surface area contributed by atoms with Crippen LogP contribution in [0.5, 0.6) is 0 Å². The summed E-state index contributed by atoms with van der Waals surface area (Å²) in [6.07, 6.45) is 1.63. The highest BCUT2D eigenvalue weighted by atomic mass is 35.5. The summed E-state index contributed by atoms with van der Waals surface area (Å²) >= 11 is 39.5. The molecule has 5 rings (SSSR count). The maximum absolute atomic E-state index is 6.82. The lowest BCUT2D eigenvalue weighted by Gasteiger charge is -2.38. The first-order valence-electron chi connectivity index (χ1n) is 6.25. The highest BCUT2D eigenvalue weighted by Crippen LogP contribution is 2.84. The SMILES string of the molecule is ClC1=C(Cl)[C@@]2(Cl)[C@@H]3[C@@H]4C[C@H]([C@H]5O[C@@H]45)[C@H]3[C@@]1(Cl)C2(Cl)Cl. The molecule has 0 spiro atoms. The van der Waals surface area contributed by atoms with E-state index in [4.69, 9.17) is 74.3 Å². The van der Waals surface area contributed by atoms with E-state index in [0.29, 0.717) is 21.9 Å². The molecule has 1 saturated heterocycles. The predicted octanol–water partition coefficient (Wildman–Crippen LogP) is 4.48. The number of rotatable bonds is 0. The topological polar surface area (TPSA) is 12.5 Å². The third-order valence-corrected chi connectivity index (χ3v) is 10.2. The predicted molar refractivity (Wildman–Crippen MR) is 77.6 cm³/mol. The van der Waals surface area contributed by atoms with Crippen LogP contribution in [-0.2, 0) is 4.74 Å². The van der Waals surface area contributed by atoms with Crippen molar-refractivity contribution in [3.63, 3.8) is 0 Å². The summed E-state index contributed by atoms with van der Waals surface area (Å²) in [5.41, 5.74) is 0. The Bertz CT molecular complexity index is 516. The van der Waals surface area contributed by atoms with Gasteiger partial charge in [0, 0.05) is 0 Å². The molecular weight excluding hydrogens is 373 g/mol. The Hall–Kier alpha value is 1.44. The summed E-state index contributed by atoms with van der Waals surface area (Å²) in [6.45, 7) is 0. The zero-order valence-electron chi connectivity index (χ0n) is 9.35. The van der Waals surface area contributed by atoms with Crippen LogP contribution in [0.2, 0.25) is 0 Å². The maximum atomic E-state index is 6.82. The van der Waals surface area contributed by atoms with Crippen LogP contribution < -0.4 is 0 Å². The number of hydrogen-bond donors (Lipinski definition) is 0. The van der Waals surface area contributed by atoms with E-state index in [-0.39, 0.29) is 24.0 Å². The molecule has 104 valence electrons. The Balaban J connectivity index is 1.80. The summed E-state index contributed by atoms with van der Waals surface area (Å²) in [6, 6.07) is 0. The van der Waals surface area contributed by atoms with Crippen molar-refractivity contribution in [3.8, 4) is 0 Å². The lowest BCUT2D eigenvalue weighted by Crippen LogP contribution is -2.46. The number of epoxide rings is 1. The van der Waals surface area contributed by atoms with Gasteiger partial charge in [0.25, 0.3) is 0 Å². The third kappa shape index (κ3) is 0.986. The van der Waals surface area contributed by atoms with Gasteiger partial charge in [-0.2, -0.15) is 0 Å². The van der Waals surface area contributed by atoms with Gasteiger partial charge in [0.2, 0.25) is 0 Å². The zero-order chi connectivity index (χ0) is 13.5. The minimum Gasteiger partial charge on any atom is -0.369 e. The molecule has 0 N–H and O–H groups in total. The van der Waals surface area contributed by atoms with Crippen molar-refractivity contribution in [1.82, 2.24) is 0 Å². The zero-order valence-corrected chi connectivity index (χ0v) is 13.9. The van der Waals surface area contributed by atoms with Crippen LogP contribution in [0.3, 0.4) is 0 Å². The largest absolute Gasteiger partial charge is 0.369 e. The van der Waals surface area contributed by atoms with Crippen molar-refractivity contribution >= 4 is 69.6 Å². The fourth-order valence-electron chi connectivity index (χ4n) is 5.30. The van der Waals surface area contributed by atoms with Crippen LogP contribution in [0, 0.1) is 23.7 Å². The molecule has 1 nitrogen and oxygen atoms in total. The van der Waals surface area contributed by atoms with E-state index in [2.05, 4.69) is 0 Å². The highest BCUT2D eigenvalue weighted by Gasteiger charge is 2.89. The van der Waals surface area contributed by atoms with Crippen molar-refractivity contribution in [3.05, 3.63) is 10.1 Å². The number of halogens is 6. The highest BCUT2D eigenvalue weighted by molar-refractivity contribution is 6.65. The van der Waals surface area contributed by atoms with Crippen molar-refractivity contribution in [2.75, 3.05) is 0 Å². The van der Waals surface area contributed by atoms with Crippen molar-refractivity contribution in [1.29, 1.82) is 0 Å². The van der Waals surface area contributed by atoms with Crippen LogP contribution in [0.25, 0.3) is 0 Å². The molecule has 0 aromatic rings. The average molecular weight is 381 g/mol. The molecular formula is C12H8Cl6O. The minimum absolute atomic E-state index is 0.0467. The average Bonchev–Trinajstić information content (AvgIpc) is 2.91. The first-order chi connectivity index (χ1) is 8.78. The number of hydrogen-bond acceptors (Lipinski definition) is 1. The molecule has 4 bridgehead atoms. The molecule has 0 unspecified atom stereocenters. The Kier molecular flexibility index (Phi) is 2.18. The fourth-order valence-corrected chi connectivity index (χ4v) is 8.43. The lowest BCUT2D eigenvalue weighted by atomic mass is 9.73. The molecule has 8 atom stereocenters. The van der Waals surface area contributed by atoms with E-state index in [0.717, 1.165) is 6.42 Å². The Morgan fingerprint density at radius 2 is 1.26 bits per heavy atom. The second-order valence-corrected chi connectivity index (χ2v) is 9.58. The third-order valence-electron chi connectivity index (χ3n) is 5.92. The van der Waals surface area contributed by atoms with E-state index in [1.54, 1.807) is 0 Å². The first kappa shape index (κ1) is 12.9. The van der Waals surface area contributed by atoms with Gasteiger partial charge in [-0.05, 0) is 30.1 Å². The lowest BCUT2D eigenvalue weighted by molar-refractivity contribution is 0.237. The van der Waals surface area contributed by atoms with Gasteiger partial charge < -0.3 is 4.74 Å². The van der Waals surface area contributed by atoms with Gasteiger partial charge in [-0.25, -0.2) is 0 Å². The molecule has 0 amide bonds. The molecule has 3 saturated carbocycles. The first-order valence-corrected chi connectivity index (χ1v) is 8.52. The van der Waals surface area contributed by atoms with Crippen LogP contribution in [-0.4, -0.2) is 26.3 Å².